The molecule has 35 heavy (non-hydrogen) atoms. The molecule has 1 fully saturated rings. The van der Waals surface area contributed by atoms with Crippen LogP contribution in [0, 0.1) is 11.2 Å². The lowest BCUT2D eigenvalue weighted by Gasteiger charge is -2.27. The predicted octanol–water partition coefficient (Wildman–Crippen LogP) is 2.45. The van der Waals surface area contributed by atoms with Crippen LogP contribution in [0.15, 0.2) is 45.7 Å². The first-order valence-corrected chi connectivity index (χ1v) is 10.7. The van der Waals surface area contributed by atoms with Crippen molar-refractivity contribution in [1.29, 1.82) is 5.41 Å². The number of aromatic nitrogens is 2. The van der Waals surface area contributed by atoms with E-state index in [0.29, 0.717) is 37.4 Å². The van der Waals surface area contributed by atoms with Crippen LogP contribution < -0.4 is 16.0 Å². The number of nitrogens with zero attached hydrogens (tertiary/aromatic N) is 6. The van der Waals surface area contributed by atoms with Crippen molar-refractivity contribution in [1.82, 2.24) is 15.3 Å². The Labute approximate surface area is 201 Å². The first-order valence-electron chi connectivity index (χ1n) is 10.7. The minimum atomic E-state index is -0.940. The number of hydrogen-bond acceptors (Lipinski definition) is 9. The van der Waals surface area contributed by atoms with Gasteiger partial charge in [0.15, 0.2) is 5.96 Å². The number of benzene rings is 1. The summed E-state index contributed by atoms with van der Waals surface area (Å²) in [5.41, 5.74) is 6.88. The summed E-state index contributed by atoms with van der Waals surface area (Å²) in [7, 11) is 1.58. The smallest absolute Gasteiger partial charge is 0.414 e. The van der Waals surface area contributed by atoms with Crippen molar-refractivity contribution in [3.8, 4) is 11.1 Å². The molecule has 13 heteroatoms. The van der Waals surface area contributed by atoms with E-state index in [4.69, 9.17) is 20.7 Å². The molecule has 0 spiro atoms. The molecule has 2 heterocycles. The summed E-state index contributed by atoms with van der Waals surface area (Å²) in [4.78, 5) is 35.4. The Bertz CT molecular complexity index is 1140. The summed E-state index contributed by atoms with van der Waals surface area (Å²) in [6.07, 6.45) is 5.08. The molecule has 0 aliphatic carbocycles. The van der Waals surface area contributed by atoms with Gasteiger partial charge < -0.3 is 20.2 Å². The molecule has 1 aromatic heterocycles. The Morgan fingerprint density at radius 2 is 2.03 bits per heavy atom. The number of amidine groups is 1. The molecule has 0 unspecified atom stereocenters. The van der Waals surface area contributed by atoms with Crippen molar-refractivity contribution in [2.24, 2.45) is 20.9 Å². The van der Waals surface area contributed by atoms with Crippen LogP contribution >= 0.6 is 0 Å². The SMILES string of the molecule is C/C=N\C(=N/C)ON=C1CCN(c2ncc(-c3cccc(COC(=O)NC(=N)N)c3F)cn2)CC1. The number of piperidine rings is 1. The van der Waals surface area contributed by atoms with Gasteiger partial charge in [0.1, 0.15) is 12.4 Å². The number of oxime groups is 1. The van der Waals surface area contributed by atoms with Gasteiger partial charge in [-0.2, -0.15) is 0 Å². The minimum Gasteiger partial charge on any atom is -0.444 e. The first kappa shape index (κ1) is 25.2. The highest BCUT2D eigenvalue weighted by Gasteiger charge is 2.19. The van der Waals surface area contributed by atoms with Crippen LogP contribution in [0.25, 0.3) is 11.1 Å². The Hall–Kier alpha value is -4.42. The van der Waals surface area contributed by atoms with Gasteiger partial charge in [-0.05, 0) is 6.92 Å². The molecule has 1 aromatic carbocycles. The Balaban J connectivity index is 1.62. The fourth-order valence-corrected chi connectivity index (χ4v) is 3.22. The summed E-state index contributed by atoms with van der Waals surface area (Å²) >= 11 is 0. The number of ether oxygens (including phenoxy) is 1. The van der Waals surface area contributed by atoms with Crippen LogP contribution in [-0.4, -0.2) is 60.1 Å². The standard InChI is InChI=1S/C22H26FN9O3/c1-3-27-21(26-2)35-31-16-7-9-32(10-8-16)20-28-11-15(12-29-20)17-6-4-5-14(18(17)23)13-34-22(33)30-19(24)25/h3-6,11-12H,7-10,13H2,1-2H3,(H4,24,25,30,33)/b26-21+,27-3-. The fourth-order valence-electron chi connectivity index (χ4n) is 3.22. The summed E-state index contributed by atoms with van der Waals surface area (Å²) in [6.45, 7) is 2.75. The molecule has 184 valence electrons. The Kier molecular flexibility index (Phi) is 8.76. The first-order chi connectivity index (χ1) is 16.9. The average molecular weight is 484 g/mol. The van der Waals surface area contributed by atoms with Gasteiger partial charge in [0.25, 0.3) is 0 Å². The van der Waals surface area contributed by atoms with E-state index in [1.54, 1.807) is 44.7 Å². The lowest BCUT2D eigenvalue weighted by molar-refractivity contribution is 0.143. The molecule has 1 aliphatic heterocycles. The highest BCUT2D eigenvalue weighted by Crippen LogP contribution is 2.25. The summed E-state index contributed by atoms with van der Waals surface area (Å²) < 4.78 is 19.9. The molecule has 2 aromatic rings. The molecule has 1 saturated heterocycles. The molecule has 1 amide bonds. The van der Waals surface area contributed by atoms with Crippen molar-refractivity contribution in [3.05, 3.63) is 42.0 Å². The van der Waals surface area contributed by atoms with E-state index in [2.05, 4.69) is 25.1 Å². The predicted molar refractivity (Wildman–Crippen MR) is 130 cm³/mol. The van der Waals surface area contributed by atoms with Crippen LogP contribution in [0.2, 0.25) is 0 Å². The quantitative estimate of drug-likeness (QED) is 0.334. The number of amides is 1. The molecule has 12 nitrogen and oxygen atoms in total. The number of carbonyl (C=O) groups excluding carboxylic acids is 1. The van der Waals surface area contributed by atoms with Gasteiger partial charge in [-0.15, -0.1) is 0 Å². The van der Waals surface area contributed by atoms with Crippen molar-refractivity contribution in [2.75, 3.05) is 25.0 Å². The van der Waals surface area contributed by atoms with Crippen LogP contribution in [0.4, 0.5) is 15.1 Å². The van der Waals surface area contributed by atoms with Gasteiger partial charge in [0.2, 0.25) is 5.95 Å². The minimum absolute atomic E-state index is 0.163. The average Bonchev–Trinajstić information content (AvgIpc) is 2.86. The van der Waals surface area contributed by atoms with Crippen LogP contribution in [-0.2, 0) is 16.2 Å². The van der Waals surface area contributed by atoms with Gasteiger partial charge in [0.05, 0.1) is 5.71 Å². The third-order valence-corrected chi connectivity index (χ3v) is 4.93. The van der Waals surface area contributed by atoms with E-state index in [-0.39, 0.29) is 23.8 Å². The lowest BCUT2D eigenvalue weighted by Crippen LogP contribution is -2.36. The Morgan fingerprint density at radius 1 is 1.31 bits per heavy atom. The number of aliphatic imine (C=N–C) groups is 2. The summed E-state index contributed by atoms with van der Waals surface area (Å²) in [6, 6.07) is 4.92. The maximum atomic E-state index is 15.0. The van der Waals surface area contributed by atoms with Gasteiger partial charge in [-0.3, -0.25) is 10.7 Å². The third-order valence-electron chi connectivity index (χ3n) is 4.93. The number of nitrogens with one attached hydrogen (secondary N) is 2. The summed E-state index contributed by atoms with van der Waals surface area (Å²) in [5.74, 6) is -0.588. The maximum absolute atomic E-state index is 15.0. The zero-order valence-electron chi connectivity index (χ0n) is 19.4. The Morgan fingerprint density at radius 3 is 2.66 bits per heavy atom. The van der Waals surface area contributed by atoms with Crippen LogP contribution in [0.3, 0.4) is 0 Å². The number of carbonyl (C=O) groups is 1. The lowest BCUT2D eigenvalue weighted by atomic mass is 10.1. The second-order valence-electron chi connectivity index (χ2n) is 7.29. The van der Waals surface area contributed by atoms with Gasteiger partial charge in [0, 0.05) is 68.3 Å². The summed E-state index contributed by atoms with van der Waals surface area (Å²) in [5, 5.41) is 13.1. The van der Waals surface area contributed by atoms with Crippen molar-refractivity contribution < 1.29 is 18.8 Å². The molecular weight excluding hydrogens is 457 g/mol. The topological polar surface area (TPSA) is 164 Å². The molecular formula is C22H26FN9O3. The number of alkyl carbamates (subject to hydrolysis) is 1. The molecule has 1 aliphatic rings. The van der Waals surface area contributed by atoms with Crippen molar-refractivity contribution in [2.45, 2.75) is 26.4 Å². The largest absolute Gasteiger partial charge is 0.444 e. The number of nitrogens with two attached hydrogens (primary N) is 1. The van der Waals surface area contributed by atoms with Crippen LogP contribution in [0.1, 0.15) is 25.3 Å². The fraction of sp³-hybridized carbons (Fsp3) is 0.318. The van der Waals surface area contributed by atoms with E-state index in [9.17, 15) is 9.18 Å². The highest BCUT2D eigenvalue weighted by atomic mass is 19.1. The van der Waals surface area contributed by atoms with Crippen molar-refractivity contribution >= 4 is 35.9 Å². The van der Waals surface area contributed by atoms with E-state index in [1.165, 1.54) is 6.07 Å². The number of hydrogen-bond donors (Lipinski definition) is 3. The second-order valence-corrected chi connectivity index (χ2v) is 7.29. The molecule has 0 atom stereocenters. The van der Waals surface area contributed by atoms with E-state index in [1.807, 2.05) is 10.2 Å². The molecule has 3 rings (SSSR count). The maximum Gasteiger partial charge on any atom is 0.414 e. The molecule has 4 N–H and O–H groups in total. The zero-order chi connectivity index (χ0) is 25.2. The van der Waals surface area contributed by atoms with Crippen LogP contribution in [0.5, 0.6) is 0 Å². The molecule has 0 bridgehead atoms. The van der Waals surface area contributed by atoms with Gasteiger partial charge >= 0.3 is 12.1 Å². The number of anilines is 1. The molecule has 0 saturated carbocycles. The van der Waals surface area contributed by atoms with Gasteiger partial charge in [-0.25, -0.2) is 29.1 Å². The third kappa shape index (κ3) is 7.03. The zero-order valence-corrected chi connectivity index (χ0v) is 19.4. The normalized spacial score (nSPS) is 14.1. The highest BCUT2D eigenvalue weighted by molar-refractivity contribution is 5.91. The number of halogens is 1. The van der Waals surface area contributed by atoms with E-state index >= 15 is 0 Å². The monoisotopic (exact) mass is 483 g/mol. The number of guanidine groups is 1. The van der Waals surface area contributed by atoms with Gasteiger partial charge in [-0.1, -0.05) is 23.4 Å². The molecule has 0 radical (unpaired) electrons. The van der Waals surface area contributed by atoms with E-state index in [0.717, 1.165) is 5.71 Å². The second kappa shape index (κ2) is 12.2. The van der Waals surface area contributed by atoms with E-state index < -0.39 is 17.9 Å². The number of rotatable bonds is 5. The van der Waals surface area contributed by atoms with Crippen molar-refractivity contribution in [3.63, 3.8) is 0 Å².